The van der Waals surface area contributed by atoms with Crippen LogP contribution in [0.1, 0.15) is 32.1 Å². The lowest BCUT2D eigenvalue weighted by Crippen LogP contribution is -2.46. The minimum atomic E-state index is 0. The number of likely N-dealkylation sites (tertiary alicyclic amines) is 1. The van der Waals surface area contributed by atoms with Crippen molar-refractivity contribution in [2.75, 3.05) is 52.5 Å². The molecule has 1 N–H and O–H groups in total. The van der Waals surface area contributed by atoms with E-state index in [2.05, 4.69) is 15.1 Å². The van der Waals surface area contributed by atoms with Gasteiger partial charge in [-0.05, 0) is 44.7 Å². The van der Waals surface area contributed by atoms with E-state index >= 15 is 0 Å². The van der Waals surface area contributed by atoms with Crippen molar-refractivity contribution in [1.82, 2.24) is 15.1 Å². The Morgan fingerprint density at radius 2 is 1.91 bits per heavy atom. The van der Waals surface area contributed by atoms with E-state index in [1.54, 1.807) is 0 Å². The van der Waals surface area contributed by atoms with Crippen LogP contribution in [0, 0.1) is 5.92 Å². The third-order valence-electron chi connectivity index (χ3n) is 5.20. The number of amides is 1. The highest BCUT2D eigenvalue weighted by molar-refractivity contribution is 5.85. The Morgan fingerprint density at radius 3 is 2.61 bits per heavy atom. The first-order valence-electron chi connectivity index (χ1n) is 8.63. The van der Waals surface area contributed by atoms with Crippen LogP contribution < -0.4 is 5.32 Å². The molecule has 2 atom stereocenters. The number of morpholine rings is 1. The number of ether oxygens (including phenoxy) is 1. The van der Waals surface area contributed by atoms with Gasteiger partial charge in [0.25, 0.3) is 0 Å². The molecule has 0 spiro atoms. The summed E-state index contributed by atoms with van der Waals surface area (Å²) in [6.07, 6.45) is 5.39. The number of hydrogen-bond acceptors (Lipinski definition) is 4. The van der Waals surface area contributed by atoms with Gasteiger partial charge >= 0.3 is 0 Å². The largest absolute Gasteiger partial charge is 0.379 e. The molecule has 0 radical (unpaired) electrons. The molecule has 3 heterocycles. The van der Waals surface area contributed by atoms with Gasteiger partial charge in [0.2, 0.25) is 5.91 Å². The first-order chi connectivity index (χ1) is 10.3. The summed E-state index contributed by atoms with van der Waals surface area (Å²) in [7, 11) is 0. The third kappa shape index (κ3) is 6.05. The zero-order chi connectivity index (χ0) is 14.5. The summed E-state index contributed by atoms with van der Waals surface area (Å²) in [4.78, 5) is 17.1. The van der Waals surface area contributed by atoms with E-state index in [-0.39, 0.29) is 24.8 Å². The fourth-order valence-electron chi connectivity index (χ4n) is 3.87. The number of halogens is 2. The van der Waals surface area contributed by atoms with Crippen molar-refractivity contribution in [2.45, 2.75) is 38.1 Å². The van der Waals surface area contributed by atoms with Crippen LogP contribution >= 0.6 is 24.8 Å². The molecule has 23 heavy (non-hydrogen) atoms. The average Bonchev–Trinajstić information content (AvgIpc) is 3.17. The van der Waals surface area contributed by atoms with Crippen LogP contribution in [0.25, 0.3) is 0 Å². The standard InChI is InChI=1S/C16H29N3O2.2ClH/c20-16(4-3-14-5-6-17-12-14)19-7-1-2-15(19)13-18-8-10-21-11-9-18;;/h14-15,17H,1-13H2;2*1H. The van der Waals surface area contributed by atoms with E-state index in [1.165, 1.54) is 19.3 Å². The molecule has 7 heteroatoms. The normalized spacial score (nSPS) is 28.3. The van der Waals surface area contributed by atoms with E-state index in [9.17, 15) is 4.79 Å². The Morgan fingerprint density at radius 1 is 1.13 bits per heavy atom. The van der Waals surface area contributed by atoms with Crippen LogP contribution in [0.15, 0.2) is 0 Å². The molecular formula is C16H31Cl2N3O2. The highest BCUT2D eigenvalue weighted by Gasteiger charge is 2.30. The Labute approximate surface area is 152 Å². The van der Waals surface area contributed by atoms with Gasteiger partial charge in [-0.3, -0.25) is 9.69 Å². The summed E-state index contributed by atoms with van der Waals surface area (Å²) in [5.74, 6) is 1.10. The smallest absolute Gasteiger partial charge is 0.222 e. The van der Waals surface area contributed by atoms with Crippen molar-refractivity contribution in [3.8, 4) is 0 Å². The molecule has 3 aliphatic rings. The molecule has 0 bridgehead atoms. The molecule has 136 valence electrons. The maximum Gasteiger partial charge on any atom is 0.222 e. The second-order valence-electron chi connectivity index (χ2n) is 6.69. The molecule has 3 aliphatic heterocycles. The molecule has 0 aromatic heterocycles. The summed E-state index contributed by atoms with van der Waals surface area (Å²) in [5.41, 5.74) is 0. The fraction of sp³-hybridized carbons (Fsp3) is 0.938. The van der Waals surface area contributed by atoms with Gasteiger partial charge in [-0.2, -0.15) is 0 Å². The summed E-state index contributed by atoms with van der Waals surface area (Å²) in [6, 6.07) is 0.442. The van der Waals surface area contributed by atoms with Gasteiger partial charge in [0.1, 0.15) is 0 Å². The number of carbonyl (C=O) groups is 1. The van der Waals surface area contributed by atoms with Crippen LogP contribution in [0.2, 0.25) is 0 Å². The maximum absolute atomic E-state index is 12.5. The molecule has 0 aliphatic carbocycles. The van der Waals surface area contributed by atoms with Crippen LogP contribution in [0.3, 0.4) is 0 Å². The lowest BCUT2D eigenvalue weighted by Gasteiger charge is -2.33. The molecule has 1 amide bonds. The van der Waals surface area contributed by atoms with Gasteiger partial charge in [0.05, 0.1) is 13.2 Å². The van der Waals surface area contributed by atoms with Gasteiger partial charge in [-0.25, -0.2) is 0 Å². The van der Waals surface area contributed by atoms with Crippen molar-refractivity contribution in [2.24, 2.45) is 5.92 Å². The second-order valence-corrected chi connectivity index (χ2v) is 6.69. The number of hydrogen-bond donors (Lipinski definition) is 1. The lowest BCUT2D eigenvalue weighted by atomic mass is 10.0. The zero-order valence-electron chi connectivity index (χ0n) is 13.9. The quantitative estimate of drug-likeness (QED) is 0.800. The van der Waals surface area contributed by atoms with Crippen LogP contribution in [0.4, 0.5) is 0 Å². The predicted octanol–water partition coefficient (Wildman–Crippen LogP) is 1.54. The topological polar surface area (TPSA) is 44.8 Å². The SMILES string of the molecule is Cl.Cl.O=C(CCC1CCNC1)N1CCCC1CN1CCOCC1. The maximum atomic E-state index is 12.5. The number of carbonyl (C=O) groups excluding carboxylic acids is 1. The van der Waals surface area contributed by atoms with E-state index in [4.69, 9.17) is 4.74 Å². The minimum absolute atomic E-state index is 0. The number of nitrogens with zero attached hydrogens (tertiary/aromatic N) is 2. The summed E-state index contributed by atoms with van der Waals surface area (Å²) < 4.78 is 5.41. The first kappa shape index (κ1) is 21.0. The monoisotopic (exact) mass is 367 g/mol. The molecule has 0 saturated carbocycles. The average molecular weight is 368 g/mol. The van der Waals surface area contributed by atoms with Gasteiger partial charge < -0.3 is 15.0 Å². The number of rotatable bonds is 5. The van der Waals surface area contributed by atoms with E-state index in [1.807, 2.05) is 0 Å². The molecular weight excluding hydrogens is 337 g/mol. The minimum Gasteiger partial charge on any atom is -0.379 e. The van der Waals surface area contributed by atoms with Crippen LogP contribution in [-0.2, 0) is 9.53 Å². The third-order valence-corrected chi connectivity index (χ3v) is 5.20. The van der Waals surface area contributed by atoms with Crippen molar-refractivity contribution in [3.05, 3.63) is 0 Å². The Kier molecular flexibility index (Phi) is 9.78. The molecule has 3 fully saturated rings. The molecule has 3 rings (SSSR count). The van der Waals surface area contributed by atoms with Crippen molar-refractivity contribution in [1.29, 1.82) is 0 Å². The van der Waals surface area contributed by atoms with Crippen molar-refractivity contribution in [3.63, 3.8) is 0 Å². The van der Waals surface area contributed by atoms with E-state index in [0.29, 0.717) is 17.9 Å². The summed E-state index contributed by atoms with van der Waals surface area (Å²) >= 11 is 0. The molecule has 0 aromatic carbocycles. The van der Waals surface area contributed by atoms with Gasteiger partial charge in [0.15, 0.2) is 0 Å². The van der Waals surface area contributed by atoms with Gasteiger partial charge in [-0.1, -0.05) is 0 Å². The highest BCUT2D eigenvalue weighted by atomic mass is 35.5. The lowest BCUT2D eigenvalue weighted by molar-refractivity contribution is -0.132. The fourth-order valence-corrected chi connectivity index (χ4v) is 3.87. The Hall–Kier alpha value is -0.0700. The Bertz CT molecular complexity index is 348. The van der Waals surface area contributed by atoms with E-state index in [0.717, 1.165) is 65.3 Å². The van der Waals surface area contributed by atoms with Gasteiger partial charge in [-0.15, -0.1) is 24.8 Å². The summed E-state index contributed by atoms with van der Waals surface area (Å²) in [6.45, 7) is 7.97. The van der Waals surface area contributed by atoms with E-state index < -0.39 is 0 Å². The van der Waals surface area contributed by atoms with Crippen molar-refractivity contribution >= 4 is 30.7 Å². The Balaban J connectivity index is 0.00000132. The second kappa shape index (κ2) is 10.7. The molecule has 2 unspecified atom stereocenters. The van der Waals surface area contributed by atoms with Crippen molar-refractivity contribution < 1.29 is 9.53 Å². The molecule has 5 nitrogen and oxygen atoms in total. The molecule has 3 saturated heterocycles. The van der Waals surface area contributed by atoms with Gasteiger partial charge in [0, 0.05) is 38.6 Å². The zero-order valence-corrected chi connectivity index (χ0v) is 15.5. The molecule has 0 aromatic rings. The number of nitrogens with one attached hydrogen (secondary N) is 1. The van der Waals surface area contributed by atoms with Crippen LogP contribution in [-0.4, -0.2) is 74.2 Å². The summed E-state index contributed by atoms with van der Waals surface area (Å²) in [5, 5.41) is 3.39. The van der Waals surface area contributed by atoms with Crippen LogP contribution in [0.5, 0.6) is 0 Å². The predicted molar refractivity (Wildman–Crippen MR) is 96.7 cm³/mol. The highest BCUT2D eigenvalue weighted by Crippen LogP contribution is 2.22. The first-order valence-corrected chi connectivity index (χ1v) is 8.63.